The number of aldehydes is 1. The Labute approximate surface area is 98.2 Å². The molecule has 17 heavy (non-hydrogen) atoms. The van der Waals surface area contributed by atoms with Crippen LogP contribution in [0.2, 0.25) is 0 Å². The molecule has 1 aliphatic heterocycles. The summed E-state index contributed by atoms with van der Waals surface area (Å²) >= 11 is 0. The number of rotatable bonds is 2. The van der Waals surface area contributed by atoms with Crippen LogP contribution >= 0.6 is 0 Å². The van der Waals surface area contributed by atoms with Gasteiger partial charge in [-0.3, -0.25) is 14.4 Å². The van der Waals surface area contributed by atoms with Gasteiger partial charge in [0.15, 0.2) is 0 Å². The van der Waals surface area contributed by atoms with Crippen molar-refractivity contribution in [2.75, 3.05) is 4.90 Å². The number of benzene rings is 1. The number of aryl methyl sites for hydroxylation is 1. The summed E-state index contributed by atoms with van der Waals surface area (Å²) in [5.41, 5.74) is 7.84. The molecular formula is C12H12N2O3. The lowest BCUT2D eigenvalue weighted by Gasteiger charge is -2.26. The van der Waals surface area contributed by atoms with Gasteiger partial charge in [0.1, 0.15) is 0 Å². The topological polar surface area (TPSA) is 80.5 Å². The van der Waals surface area contributed by atoms with Crippen LogP contribution < -0.4 is 10.6 Å². The third-order valence-electron chi connectivity index (χ3n) is 2.80. The molecule has 0 aliphatic carbocycles. The Bertz CT molecular complexity index is 497. The van der Waals surface area contributed by atoms with Gasteiger partial charge in [0.2, 0.25) is 12.2 Å². The van der Waals surface area contributed by atoms with Gasteiger partial charge in [-0.15, -0.1) is 0 Å². The second-order valence-corrected chi connectivity index (χ2v) is 3.85. The summed E-state index contributed by atoms with van der Waals surface area (Å²) in [7, 11) is 0. The SMILES string of the molecule is NCc1ccc2c(c1)CCC(=O)N2C(=O)C=O. The normalized spacial score (nSPS) is 14.4. The monoisotopic (exact) mass is 232 g/mol. The Balaban J connectivity index is 2.48. The van der Waals surface area contributed by atoms with Gasteiger partial charge in [0.25, 0.3) is 5.91 Å². The fourth-order valence-electron chi connectivity index (χ4n) is 1.97. The van der Waals surface area contributed by atoms with Crippen molar-refractivity contribution >= 4 is 23.8 Å². The molecule has 0 saturated carbocycles. The highest BCUT2D eigenvalue weighted by Gasteiger charge is 2.28. The Morgan fingerprint density at radius 1 is 1.41 bits per heavy atom. The number of anilines is 1. The summed E-state index contributed by atoms with van der Waals surface area (Å²) in [4.78, 5) is 34.5. The number of hydrogen-bond donors (Lipinski definition) is 1. The molecule has 0 fully saturated rings. The van der Waals surface area contributed by atoms with Crippen LogP contribution in [0.3, 0.4) is 0 Å². The maximum absolute atomic E-state index is 11.6. The lowest BCUT2D eigenvalue weighted by molar-refractivity contribution is -0.133. The third kappa shape index (κ3) is 1.97. The minimum Gasteiger partial charge on any atom is -0.326 e. The summed E-state index contributed by atoms with van der Waals surface area (Å²) in [6.07, 6.45) is 0.967. The quantitative estimate of drug-likeness (QED) is 0.581. The second kappa shape index (κ2) is 4.47. The van der Waals surface area contributed by atoms with Gasteiger partial charge in [-0.2, -0.15) is 0 Å². The largest absolute Gasteiger partial charge is 0.326 e. The van der Waals surface area contributed by atoms with Crippen LogP contribution in [0.5, 0.6) is 0 Å². The average Bonchev–Trinajstić information content (AvgIpc) is 2.37. The van der Waals surface area contributed by atoms with Crippen LogP contribution in [0.4, 0.5) is 5.69 Å². The fraction of sp³-hybridized carbons (Fsp3) is 0.250. The van der Waals surface area contributed by atoms with Crippen LogP contribution in [-0.2, 0) is 27.3 Å². The summed E-state index contributed by atoms with van der Waals surface area (Å²) in [6, 6.07) is 5.28. The maximum Gasteiger partial charge on any atom is 0.297 e. The molecule has 1 aromatic carbocycles. The number of nitrogens with zero attached hydrogens (tertiary/aromatic N) is 1. The van der Waals surface area contributed by atoms with Crippen molar-refractivity contribution in [3.63, 3.8) is 0 Å². The van der Waals surface area contributed by atoms with Gasteiger partial charge in [0.05, 0.1) is 5.69 Å². The van der Waals surface area contributed by atoms with Crippen molar-refractivity contribution in [3.05, 3.63) is 29.3 Å². The summed E-state index contributed by atoms with van der Waals surface area (Å²) in [5, 5.41) is 0. The first-order chi connectivity index (χ1) is 8.17. The number of carbonyl (C=O) groups is 3. The van der Waals surface area contributed by atoms with E-state index >= 15 is 0 Å². The van der Waals surface area contributed by atoms with E-state index in [1.807, 2.05) is 6.07 Å². The number of nitrogens with two attached hydrogens (primary N) is 1. The van der Waals surface area contributed by atoms with Crippen LogP contribution in [0.25, 0.3) is 0 Å². The lowest BCUT2D eigenvalue weighted by Crippen LogP contribution is -2.40. The number of fused-ring (bicyclic) bond motifs is 1. The molecule has 2 N–H and O–H groups in total. The van der Waals surface area contributed by atoms with E-state index in [0.29, 0.717) is 18.7 Å². The highest BCUT2D eigenvalue weighted by Crippen LogP contribution is 2.28. The average molecular weight is 232 g/mol. The van der Waals surface area contributed by atoms with Crippen LogP contribution in [-0.4, -0.2) is 18.1 Å². The van der Waals surface area contributed by atoms with E-state index in [1.165, 1.54) is 0 Å². The highest BCUT2D eigenvalue weighted by atomic mass is 16.2. The van der Waals surface area contributed by atoms with E-state index in [2.05, 4.69) is 0 Å². The molecule has 2 amide bonds. The smallest absolute Gasteiger partial charge is 0.297 e. The van der Waals surface area contributed by atoms with E-state index in [9.17, 15) is 14.4 Å². The molecule has 5 nitrogen and oxygen atoms in total. The predicted octanol–water partition coefficient (Wildman–Crippen LogP) is 0.150. The molecule has 0 saturated heterocycles. The second-order valence-electron chi connectivity index (χ2n) is 3.85. The molecule has 0 radical (unpaired) electrons. The van der Waals surface area contributed by atoms with E-state index in [-0.39, 0.29) is 18.6 Å². The summed E-state index contributed by atoms with van der Waals surface area (Å²) < 4.78 is 0. The van der Waals surface area contributed by atoms with E-state index in [4.69, 9.17) is 5.73 Å². The zero-order chi connectivity index (χ0) is 12.4. The van der Waals surface area contributed by atoms with Gasteiger partial charge in [-0.1, -0.05) is 12.1 Å². The number of carbonyl (C=O) groups excluding carboxylic acids is 3. The molecule has 0 aromatic heterocycles. The van der Waals surface area contributed by atoms with Gasteiger partial charge < -0.3 is 5.73 Å². The van der Waals surface area contributed by atoms with Gasteiger partial charge >= 0.3 is 0 Å². The maximum atomic E-state index is 11.6. The minimum absolute atomic E-state index is 0.157. The standard InChI is InChI=1S/C12H12N2O3/c13-6-8-1-3-10-9(5-8)2-4-11(16)14(10)12(17)7-15/h1,3,5,7H,2,4,6,13H2. The Hall–Kier alpha value is -2.01. The van der Waals surface area contributed by atoms with Crippen molar-refractivity contribution in [3.8, 4) is 0 Å². The molecule has 5 heteroatoms. The van der Waals surface area contributed by atoms with Crippen molar-refractivity contribution in [2.24, 2.45) is 5.73 Å². The lowest BCUT2D eigenvalue weighted by atomic mass is 9.98. The van der Waals surface area contributed by atoms with Crippen molar-refractivity contribution < 1.29 is 14.4 Å². The predicted molar refractivity (Wildman–Crippen MR) is 61.2 cm³/mol. The van der Waals surface area contributed by atoms with Gasteiger partial charge in [0, 0.05) is 13.0 Å². The number of amides is 2. The van der Waals surface area contributed by atoms with Gasteiger partial charge in [-0.05, 0) is 23.6 Å². The Morgan fingerprint density at radius 2 is 2.18 bits per heavy atom. The molecule has 0 unspecified atom stereocenters. The number of hydrogen-bond acceptors (Lipinski definition) is 4. The minimum atomic E-state index is -0.823. The number of imide groups is 1. The molecular weight excluding hydrogens is 220 g/mol. The first-order valence-corrected chi connectivity index (χ1v) is 5.31. The van der Waals surface area contributed by atoms with Crippen molar-refractivity contribution in [1.29, 1.82) is 0 Å². The first kappa shape index (κ1) is 11.5. The molecule has 2 rings (SSSR count). The fourth-order valence-corrected chi connectivity index (χ4v) is 1.97. The summed E-state index contributed by atoms with van der Waals surface area (Å²) in [5.74, 6) is -1.16. The van der Waals surface area contributed by atoms with Crippen LogP contribution in [0.1, 0.15) is 17.5 Å². The Kier molecular flexibility index (Phi) is 3.01. The van der Waals surface area contributed by atoms with E-state index in [1.54, 1.807) is 12.1 Å². The third-order valence-corrected chi connectivity index (χ3v) is 2.80. The Morgan fingerprint density at radius 3 is 2.82 bits per heavy atom. The zero-order valence-electron chi connectivity index (χ0n) is 9.18. The zero-order valence-corrected chi connectivity index (χ0v) is 9.18. The molecule has 1 aromatic rings. The molecule has 0 bridgehead atoms. The first-order valence-electron chi connectivity index (χ1n) is 5.31. The molecule has 1 aliphatic rings. The van der Waals surface area contributed by atoms with Crippen LogP contribution in [0.15, 0.2) is 18.2 Å². The molecule has 0 atom stereocenters. The molecule has 88 valence electrons. The summed E-state index contributed by atoms with van der Waals surface area (Å²) in [6.45, 7) is 0.406. The molecule has 1 heterocycles. The van der Waals surface area contributed by atoms with Crippen molar-refractivity contribution in [1.82, 2.24) is 0 Å². The van der Waals surface area contributed by atoms with E-state index < -0.39 is 5.91 Å². The van der Waals surface area contributed by atoms with Gasteiger partial charge in [-0.25, -0.2) is 4.90 Å². The van der Waals surface area contributed by atoms with Crippen molar-refractivity contribution in [2.45, 2.75) is 19.4 Å². The van der Waals surface area contributed by atoms with Crippen LogP contribution in [0, 0.1) is 0 Å². The van der Waals surface area contributed by atoms with E-state index in [0.717, 1.165) is 16.0 Å². The highest BCUT2D eigenvalue weighted by molar-refractivity contribution is 6.38. The molecule has 0 spiro atoms.